The molecule has 33 heavy (non-hydrogen) atoms. The molecule has 2 aromatic heterocycles. The summed E-state index contributed by atoms with van der Waals surface area (Å²) in [5.41, 5.74) is 4.00. The SMILES string of the molecule is O=C(CCn1c(=S)[nH]c2ccccc2c1=O)NC1CCCc2c1cnn2Cc1ccccc1. The summed E-state index contributed by atoms with van der Waals surface area (Å²) in [6.45, 7) is 0.956. The Morgan fingerprint density at radius 2 is 1.94 bits per heavy atom. The third-order valence-corrected chi connectivity index (χ3v) is 6.55. The molecule has 168 valence electrons. The van der Waals surface area contributed by atoms with Crippen LogP contribution in [0.4, 0.5) is 0 Å². The van der Waals surface area contributed by atoms with Gasteiger partial charge in [-0.2, -0.15) is 5.10 Å². The van der Waals surface area contributed by atoms with Crippen LogP contribution in [0.2, 0.25) is 0 Å². The molecule has 0 saturated carbocycles. The maximum Gasteiger partial charge on any atom is 0.262 e. The van der Waals surface area contributed by atoms with Crippen molar-refractivity contribution in [3.63, 3.8) is 0 Å². The average molecular weight is 460 g/mol. The Kier molecular flexibility index (Phi) is 5.92. The fraction of sp³-hybridized carbons (Fsp3) is 0.280. The van der Waals surface area contributed by atoms with Crippen molar-refractivity contribution >= 4 is 29.0 Å². The molecule has 1 amide bonds. The number of aromatic nitrogens is 4. The molecule has 2 N–H and O–H groups in total. The number of hydrogen-bond acceptors (Lipinski definition) is 4. The summed E-state index contributed by atoms with van der Waals surface area (Å²) in [6, 6.07) is 17.4. The van der Waals surface area contributed by atoms with Gasteiger partial charge in [0, 0.05) is 24.2 Å². The summed E-state index contributed by atoms with van der Waals surface area (Å²) < 4.78 is 3.83. The van der Waals surface area contributed by atoms with E-state index in [0.29, 0.717) is 15.7 Å². The molecule has 0 aliphatic heterocycles. The van der Waals surface area contributed by atoms with Gasteiger partial charge in [0.2, 0.25) is 5.91 Å². The first kappa shape index (κ1) is 21.3. The number of rotatable bonds is 6. The fourth-order valence-electron chi connectivity index (χ4n) is 4.54. The normalized spacial score (nSPS) is 15.3. The first-order valence-electron chi connectivity index (χ1n) is 11.2. The van der Waals surface area contributed by atoms with Gasteiger partial charge in [0.1, 0.15) is 0 Å². The first-order chi connectivity index (χ1) is 16.1. The summed E-state index contributed by atoms with van der Waals surface area (Å²) in [6.07, 6.45) is 4.89. The zero-order valence-corrected chi connectivity index (χ0v) is 19.0. The van der Waals surface area contributed by atoms with E-state index in [0.717, 1.165) is 31.4 Å². The van der Waals surface area contributed by atoms with Crippen LogP contribution >= 0.6 is 12.2 Å². The van der Waals surface area contributed by atoms with Crippen molar-refractivity contribution in [3.05, 3.63) is 92.7 Å². The number of para-hydroxylation sites is 1. The smallest absolute Gasteiger partial charge is 0.262 e. The van der Waals surface area contributed by atoms with Crippen LogP contribution in [0.3, 0.4) is 0 Å². The second-order valence-electron chi connectivity index (χ2n) is 8.38. The monoisotopic (exact) mass is 459 g/mol. The zero-order valence-electron chi connectivity index (χ0n) is 18.2. The number of H-pyrrole nitrogens is 1. The molecule has 4 aromatic rings. The first-order valence-corrected chi connectivity index (χ1v) is 11.6. The Labute approximate surface area is 196 Å². The van der Waals surface area contributed by atoms with Crippen molar-refractivity contribution in [1.29, 1.82) is 0 Å². The van der Waals surface area contributed by atoms with Gasteiger partial charge < -0.3 is 10.3 Å². The highest BCUT2D eigenvalue weighted by Gasteiger charge is 2.25. The Hall–Kier alpha value is -3.52. The van der Waals surface area contributed by atoms with E-state index in [1.165, 1.54) is 15.8 Å². The van der Waals surface area contributed by atoms with Gasteiger partial charge in [-0.25, -0.2) is 0 Å². The van der Waals surface area contributed by atoms with E-state index in [-0.39, 0.29) is 30.5 Å². The van der Waals surface area contributed by atoms with Gasteiger partial charge in [0.15, 0.2) is 4.77 Å². The lowest BCUT2D eigenvalue weighted by Crippen LogP contribution is -2.32. The van der Waals surface area contributed by atoms with E-state index >= 15 is 0 Å². The van der Waals surface area contributed by atoms with E-state index in [4.69, 9.17) is 12.2 Å². The summed E-state index contributed by atoms with van der Waals surface area (Å²) in [4.78, 5) is 28.7. The largest absolute Gasteiger partial charge is 0.349 e. The molecule has 8 heteroatoms. The molecule has 0 bridgehead atoms. The van der Waals surface area contributed by atoms with Gasteiger partial charge in [0.25, 0.3) is 5.56 Å². The molecule has 2 aromatic carbocycles. The topological polar surface area (TPSA) is 84.7 Å². The van der Waals surface area contributed by atoms with E-state index in [1.54, 1.807) is 6.07 Å². The molecule has 0 saturated heterocycles. The van der Waals surface area contributed by atoms with Gasteiger partial charge in [-0.3, -0.25) is 18.8 Å². The van der Waals surface area contributed by atoms with Crippen molar-refractivity contribution in [2.24, 2.45) is 0 Å². The number of nitrogens with zero attached hydrogens (tertiary/aromatic N) is 3. The summed E-state index contributed by atoms with van der Waals surface area (Å²) in [5.74, 6) is -0.0990. The van der Waals surface area contributed by atoms with Crippen LogP contribution in [0.25, 0.3) is 10.9 Å². The highest BCUT2D eigenvalue weighted by atomic mass is 32.1. The molecule has 0 fully saturated rings. The maximum absolute atomic E-state index is 12.8. The van der Waals surface area contributed by atoms with Crippen molar-refractivity contribution in [1.82, 2.24) is 24.6 Å². The van der Waals surface area contributed by atoms with Crippen molar-refractivity contribution < 1.29 is 4.79 Å². The molecule has 0 radical (unpaired) electrons. The van der Waals surface area contributed by atoms with Crippen LogP contribution < -0.4 is 10.9 Å². The maximum atomic E-state index is 12.8. The quantitative estimate of drug-likeness (QED) is 0.429. The minimum absolute atomic E-state index is 0.0615. The number of carbonyl (C=O) groups is 1. The minimum Gasteiger partial charge on any atom is -0.349 e. The summed E-state index contributed by atoms with van der Waals surface area (Å²) >= 11 is 5.35. The number of hydrogen-bond donors (Lipinski definition) is 2. The number of nitrogens with one attached hydrogen (secondary N) is 2. The number of benzene rings is 2. The van der Waals surface area contributed by atoms with Crippen LogP contribution in [-0.4, -0.2) is 25.2 Å². The Bertz CT molecular complexity index is 1420. The van der Waals surface area contributed by atoms with Gasteiger partial charge >= 0.3 is 0 Å². The molecule has 5 rings (SSSR count). The number of aromatic amines is 1. The third-order valence-electron chi connectivity index (χ3n) is 6.23. The molecule has 2 heterocycles. The second kappa shape index (κ2) is 9.15. The highest BCUT2D eigenvalue weighted by molar-refractivity contribution is 7.71. The Balaban J connectivity index is 1.28. The lowest BCUT2D eigenvalue weighted by molar-refractivity contribution is -0.122. The average Bonchev–Trinajstić information content (AvgIpc) is 3.23. The minimum atomic E-state index is -0.177. The van der Waals surface area contributed by atoms with E-state index in [1.807, 2.05) is 47.3 Å². The van der Waals surface area contributed by atoms with E-state index in [9.17, 15) is 9.59 Å². The molecule has 1 aliphatic rings. The van der Waals surface area contributed by atoms with Gasteiger partial charge in [-0.05, 0) is 49.2 Å². The Morgan fingerprint density at radius 1 is 1.15 bits per heavy atom. The number of amides is 1. The van der Waals surface area contributed by atoms with Gasteiger partial charge in [-0.1, -0.05) is 42.5 Å². The van der Waals surface area contributed by atoms with Crippen LogP contribution in [-0.2, 0) is 24.3 Å². The standard InChI is InChI=1S/C25H25N5O2S/c31-23(13-14-29-24(32)18-9-4-5-10-20(18)28-25(29)33)27-21-11-6-12-22-19(21)15-26-30(22)16-17-7-2-1-3-8-17/h1-5,7-10,15,21H,6,11-14,16H2,(H,27,31)(H,28,33). The van der Waals surface area contributed by atoms with Crippen LogP contribution in [0.15, 0.2) is 65.6 Å². The number of carbonyl (C=O) groups excluding carboxylic acids is 1. The summed E-state index contributed by atoms with van der Waals surface area (Å²) in [7, 11) is 0. The van der Waals surface area contributed by atoms with Gasteiger partial charge in [-0.15, -0.1) is 0 Å². The zero-order chi connectivity index (χ0) is 22.8. The predicted molar refractivity (Wildman–Crippen MR) is 130 cm³/mol. The molecule has 1 aliphatic carbocycles. The van der Waals surface area contributed by atoms with Crippen molar-refractivity contribution in [2.45, 2.75) is 44.8 Å². The van der Waals surface area contributed by atoms with E-state index < -0.39 is 0 Å². The van der Waals surface area contributed by atoms with Crippen LogP contribution in [0.1, 0.15) is 42.1 Å². The van der Waals surface area contributed by atoms with E-state index in [2.05, 4.69) is 27.5 Å². The molecule has 1 unspecified atom stereocenters. The molecular weight excluding hydrogens is 434 g/mol. The van der Waals surface area contributed by atoms with Crippen LogP contribution in [0.5, 0.6) is 0 Å². The summed E-state index contributed by atoms with van der Waals surface area (Å²) in [5, 5.41) is 8.31. The van der Waals surface area contributed by atoms with Crippen molar-refractivity contribution in [2.75, 3.05) is 0 Å². The second-order valence-corrected chi connectivity index (χ2v) is 8.77. The van der Waals surface area contributed by atoms with Crippen molar-refractivity contribution in [3.8, 4) is 0 Å². The molecule has 1 atom stereocenters. The lowest BCUT2D eigenvalue weighted by Gasteiger charge is -2.24. The molecular formula is C25H25N5O2S. The van der Waals surface area contributed by atoms with Crippen LogP contribution in [0, 0.1) is 4.77 Å². The van der Waals surface area contributed by atoms with Gasteiger partial charge in [0.05, 0.1) is 29.7 Å². The predicted octanol–water partition coefficient (Wildman–Crippen LogP) is 3.89. The third kappa shape index (κ3) is 4.39. The Morgan fingerprint density at radius 3 is 2.79 bits per heavy atom. The lowest BCUT2D eigenvalue weighted by atomic mass is 9.92. The fourth-order valence-corrected chi connectivity index (χ4v) is 4.83. The highest BCUT2D eigenvalue weighted by Crippen LogP contribution is 2.30. The molecule has 7 nitrogen and oxygen atoms in total. The number of fused-ring (bicyclic) bond motifs is 2. The molecule has 0 spiro atoms.